The van der Waals surface area contributed by atoms with Crippen molar-refractivity contribution in [1.82, 2.24) is 0 Å². The van der Waals surface area contributed by atoms with Gasteiger partial charge in [-0.15, -0.1) is 0 Å². The van der Waals surface area contributed by atoms with Crippen LogP contribution in [0.3, 0.4) is 0 Å². The first-order chi connectivity index (χ1) is 48.4. The number of hydrogen-bond acceptors (Lipinski definition) is 2. The van der Waals surface area contributed by atoms with Crippen LogP contribution in [-0.2, 0) is 10.8 Å². The Morgan fingerprint density at radius 3 is 0.940 bits per heavy atom. The summed E-state index contributed by atoms with van der Waals surface area (Å²) in [6.07, 6.45) is 17.9. The lowest BCUT2D eigenvalue weighted by Crippen LogP contribution is -2.12. The standard InChI is InChI=1S/C98H92N2/c1-61-27-39-69(40-28-61)85(67-19-13-11-14-20-67)51-65-35-47-77(48-36-65)99(75-43-31-63(3)32-44-75)79-55-71-53-73(97(5,6)7)57-89-91(71)87(59-79)81-23-17-25-83-93(81)95(89)84-26-18-24-82-88-60-80(56-72-54-74(98(8,9)10)58-90(92(72)88)96(83)94(82)84)100(76-45-33-64(4)34-46-76)78-49-37-66(38-50-78)52-86(68-21-15-12-16-22-68)70-41-29-62(2)30-42-70/h17-18,23-60,67-68H,11-16,19-22H2,1-10H3/b85-51+,86-52+. The Morgan fingerprint density at radius 2 is 0.600 bits per heavy atom. The third-order valence-corrected chi connectivity index (χ3v) is 23.0. The van der Waals surface area contributed by atoms with Gasteiger partial charge in [-0.25, -0.2) is 0 Å². The Bertz CT molecular complexity index is 5310. The number of hydrogen-bond donors (Lipinski definition) is 0. The molecule has 2 aliphatic rings. The summed E-state index contributed by atoms with van der Waals surface area (Å²) in [5.41, 5.74) is 22.5. The largest absolute Gasteiger partial charge is 0.310 e. The molecular weight excluding hydrogens is 1210 g/mol. The van der Waals surface area contributed by atoms with Gasteiger partial charge < -0.3 is 9.80 Å². The van der Waals surface area contributed by atoms with Crippen LogP contribution in [0.25, 0.3) is 109 Å². The quantitative estimate of drug-likeness (QED) is 0.0683. The lowest BCUT2D eigenvalue weighted by molar-refractivity contribution is 0.430. The van der Waals surface area contributed by atoms with Crippen molar-refractivity contribution in [3.8, 4) is 0 Å². The van der Waals surface area contributed by atoms with E-state index in [1.165, 1.54) is 217 Å². The number of aryl methyl sites for hydroxylation is 4. The molecule has 100 heavy (non-hydrogen) atoms. The second kappa shape index (κ2) is 25.0. The first-order valence-electron chi connectivity index (χ1n) is 37.2. The zero-order valence-electron chi connectivity index (χ0n) is 60.2. The minimum Gasteiger partial charge on any atom is -0.310 e. The molecular formula is C98H92N2. The lowest BCUT2D eigenvalue weighted by Gasteiger charge is -2.29. The van der Waals surface area contributed by atoms with E-state index in [4.69, 9.17) is 0 Å². The number of benzene rings is 15. The number of allylic oxidation sites excluding steroid dienone is 2. The summed E-state index contributed by atoms with van der Waals surface area (Å²) in [6, 6.07) is 90.3. The van der Waals surface area contributed by atoms with E-state index in [0.29, 0.717) is 11.8 Å². The van der Waals surface area contributed by atoms with Gasteiger partial charge in [0.05, 0.1) is 0 Å². The SMILES string of the molecule is Cc1ccc(/C(=C/c2ccc(N(c3ccc(C)cc3)c3cc4cc(C(C)(C)C)cc5c4c(c3)c3cccc4c3c5c3cccc5c6cc(N(c7ccc(C)cc7)c7ccc(/C=C(/c8ccc(C)cc8)C8CCCCC8)cc7)cc7cc(C(C)(C)C)cc(c76)c4c53)cc2)C2CCCCC2)cc1. The number of fused-ring (bicyclic) bond motifs is 6. The van der Waals surface area contributed by atoms with Gasteiger partial charge in [-0.1, -0.05) is 260 Å². The van der Waals surface area contributed by atoms with Gasteiger partial charge in [0.25, 0.3) is 0 Å². The summed E-state index contributed by atoms with van der Waals surface area (Å²) in [7, 11) is 0. The van der Waals surface area contributed by atoms with Crippen LogP contribution in [0, 0.1) is 39.5 Å². The van der Waals surface area contributed by atoms with Gasteiger partial charge in [0.1, 0.15) is 0 Å². The second-order valence-corrected chi connectivity index (χ2v) is 32.1. The zero-order chi connectivity index (χ0) is 68.3. The third kappa shape index (κ3) is 11.4. The molecule has 15 aromatic rings. The molecule has 2 fully saturated rings. The molecule has 0 spiro atoms. The molecule has 0 N–H and O–H groups in total. The predicted molar refractivity (Wildman–Crippen MR) is 436 cm³/mol. The van der Waals surface area contributed by atoms with Crippen LogP contribution in [0.2, 0.25) is 0 Å². The van der Waals surface area contributed by atoms with Crippen molar-refractivity contribution >= 4 is 144 Å². The molecule has 15 aromatic carbocycles. The molecule has 0 aliphatic heterocycles. The van der Waals surface area contributed by atoms with E-state index in [1.807, 2.05) is 0 Å². The molecule has 0 radical (unpaired) electrons. The molecule has 2 heteroatoms. The number of nitrogens with zero attached hydrogens (tertiary/aromatic N) is 2. The summed E-state index contributed by atoms with van der Waals surface area (Å²) in [5.74, 6) is 1.14. The summed E-state index contributed by atoms with van der Waals surface area (Å²) in [5, 5.41) is 20.9. The molecule has 2 saturated carbocycles. The van der Waals surface area contributed by atoms with Crippen molar-refractivity contribution in [2.75, 3.05) is 9.80 Å². The Kier molecular flexibility index (Phi) is 15.9. The van der Waals surface area contributed by atoms with E-state index in [2.05, 4.69) is 322 Å². The molecule has 2 aliphatic carbocycles. The zero-order valence-corrected chi connectivity index (χ0v) is 60.2. The Hall–Kier alpha value is -10.0. The summed E-state index contributed by atoms with van der Waals surface area (Å²) in [4.78, 5) is 5.02. The van der Waals surface area contributed by atoms with Gasteiger partial charge in [-0.2, -0.15) is 0 Å². The minimum absolute atomic E-state index is 0.133. The molecule has 0 heterocycles. The highest BCUT2D eigenvalue weighted by molar-refractivity contribution is 6.48. The van der Waals surface area contributed by atoms with E-state index < -0.39 is 0 Å². The summed E-state index contributed by atoms with van der Waals surface area (Å²) in [6.45, 7) is 23.1. The lowest BCUT2D eigenvalue weighted by atomic mass is 9.78. The molecule has 0 amide bonds. The van der Waals surface area contributed by atoms with E-state index in [-0.39, 0.29) is 10.8 Å². The normalized spacial score (nSPS) is 14.9. The smallest absolute Gasteiger partial charge is 0.0474 e. The minimum atomic E-state index is -0.133. The number of anilines is 6. The van der Waals surface area contributed by atoms with Crippen LogP contribution in [0.4, 0.5) is 34.1 Å². The molecule has 0 bridgehead atoms. The van der Waals surface area contributed by atoms with E-state index >= 15 is 0 Å². The van der Waals surface area contributed by atoms with Crippen molar-refractivity contribution in [2.24, 2.45) is 11.8 Å². The Labute approximate surface area is 592 Å². The van der Waals surface area contributed by atoms with Gasteiger partial charge in [-0.05, 0) is 292 Å². The molecule has 0 unspecified atom stereocenters. The Morgan fingerprint density at radius 1 is 0.290 bits per heavy atom. The highest BCUT2D eigenvalue weighted by Gasteiger charge is 2.29. The van der Waals surface area contributed by atoms with Gasteiger partial charge in [0.2, 0.25) is 0 Å². The van der Waals surface area contributed by atoms with E-state index in [9.17, 15) is 0 Å². The topological polar surface area (TPSA) is 6.48 Å². The van der Waals surface area contributed by atoms with Crippen LogP contribution < -0.4 is 9.80 Å². The third-order valence-electron chi connectivity index (χ3n) is 23.0. The van der Waals surface area contributed by atoms with Crippen LogP contribution in [0.15, 0.2) is 231 Å². The maximum absolute atomic E-state index is 2.57. The predicted octanol–water partition coefficient (Wildman–Crippen LogP) is 28.8. The van der Waals surface area contributed by atoms with Crippen molar-refractivity contribution in [3.05, 3.63) is 286 Å². The van der Waals surface area contributed by atoms with E-state index in [1.54, 1.807) is 0 Å². The van der Waals surface area contributed by atoms with Crippen LogP contribution >= 0.6 is 0 Å². The van der Waals surface area contributed by atoms with Crippen molar-refractivity contribution < 1.29 is 0 Å². The van der Waals surface area contributed by atoms with Gasteiger partial charge in [-0.3, -0.25) is 0 Å². The monoisotopic (exact) mass is 1300 g/mol. The molecule has 2 nitrogen and oxygen atoms in total. The number of rotatable bonds is 12. The maximum Gasteiger partial charge on any atom is 0.0474 e. The van der Waals surface area contributed by atoms with Gasteiger partial charge >= 0.3 is 0 Å². The fourth-order valence-electron chi connectivity index (χ4n) is 17.6. The fourth-order valence-corrected chi connectivity index (χ4v) is 17.6. The Balaban J connectivity index is 0.882. The first kappa shape index (κ1) is 63.4. The molecule has 17 rings (SSSR count). The molecule has 0 atom stereocenters. The van der Waals surface area contributed by atoms with Gasteiger partial charge in [0.15, 0.2) is 0 Å². The fraction of sp³-hybridized carbons (Fsp3) is 0.245. The van der Waals surface area contributed by atoms with Crippen molar-refractivity contribution in [3.63, 3.8) is 0 Å². The van der Waals surface area contributed by atoms with Crippen LogP contribution in [0.1, 0.15) is 161 Å². The summed E-state index contributed by atoms with van der Waals surface area (Å²) >= 11 is 0. The average Bonchev–Trinajstić information content (AvgIpc) is 0.678. The molecule has 494 valence electrons. The van der Waals surface area contributed by atoms with Crippen molar-refractivity contribution in [1.29, 1.82) is 0 Å². The molecule has 0 saturated heterocycles. The van der Waals surface area contributed by atoms with Crippen LogP contribution in [0.5, 0.6) is 0 Å². The van der Waals surface area contributed by atoms with E-state index in [0.717, 1.165) is 34.1 Å². The average molecular weight is 1300 g/mol. The van der Waals surface area contributed by atoms with Crippen LogP contribution in [-0.4, -0.2) is 0 Å². The van der Waals surface area contributed by atoms with Gasteiger partial charge in [0, 0.05) is 34.1 Å². The second-order valence-electron chi connectivity index (χ2n) is 32.1. The highest BCUT2D eigenvalue weighted by Crippen LogP contribution is 2.54. The highest BCUT2D eigenvalue weighted by atomic mass is 15.1. The first-order valence-corrected chi connectivity index (χ1v) is 37.2. The molecule has 0 aromatic heterocycles. The maximum atomic E-state index is 2.57. The summed E-state index contributed by atoms with van der Waals surface area (Å²) < 4.78 is 0. The van der Waals surface area contributed by atoms with Crippen molar-refractivity contribution in [2.45, 2.75) is 144 Å².